The van der Waals surface area contributed by atoms with Gasteiger partial charge in [-0.25, -0.2) is 9.67 Å². The van der Waals surface area contributed by atoms with Crippen LogP contribution in [0.15, 0.2) is 42.2 Å². The van der Waals surface area contributed by atoms with Gasteiger partial charge in [0.25, 0.3) is 0 Å². The van der Waals surface area contributed by atoms with Gasteiger partial charge >= 0.3 is 5.97 Å². The first-order valence-electron chi connectivity index (χ1n) is 22.0. The number of carboxylic acids is 1. The number of carbonyl (C=O) groups is 1. The van der Waals surface area contributed by atoms with Gasteiger partial charge in [0, 0.05) is 23.1 Å². The Kier molecular flexibility index (Phi) is 10.6. The molecule has 0 radical (unpaired) electrons. The number of fused-ring (bicyclic) bond motifs is 3. The van der Waals surface area contributed by atoms with E-state index in [1.165, 1.54) is 11.1 Å². The normalized spacial score (nSPS) is 39.4. The minimum atomic E-state index is -0.632. The number of carboxylic acid groups (broad SMARTS) is 1. The smallest absolute Gasteiger partial charge is 0.307 e. The Hall–Kier alpha value is -2.59. The maximum atomic E-state index is 13.7. The number of aromatic nitrogens is 3. The first-order valence-corrected chi connectivity index (χ1v) is 22.0. The zero-order chi connectivity index (χ0) is 41.7. The van der Waals surface area contributed by atoms with Gasteiger partial charge in [-0.05, 0) is 116 Å². The van der Waals surface area contributed by atoms with Crippen LogP contribution in [0.25, 0.3) is 11.4 Å². The third-order valence-electron chi connectivity index (χ3n) is 17.9. The van der Waals surface area contributed by atoms with Crippen LogP contribution in [0.1, 0.15) is 126 Å². The summed E-state index contributed by atoms with van der Waals surface area (Å²) in [6.07, 6.45) is 9.60. The van der Waals surface area contributed by atoms with Gasteiger partial charge in [-0.3, -0.25) is 4.79 Å². The maximum Gasteiger partial charge on any atom is 0.307 e. The number of hydrogen-bond donors (Lipinski definition) is 2. The molecule has 5 aliphatic rings. The van der Waals surface area contributed by atoms with Gasteiger partial charge in [0.15, 0.2) is 5.82 Å². The van der Waals surface area contributed by atoms with Crippen molar-refractivity contribution in [1.29, 1.82) is 0 Å². The van der Waals surface area contributed by atoms with Crippen LogP contribution < -0.4 is 5.73 Å². The van der Waals surface area contributed by atoms with Gasteiger partial charge in [-0.2, -0.15) is 5.10 Å². The molecule has 1 saturated heterocycles. The van der Waals surface area contributed by atoms with Crippen molar-refractivity contribution < 1.29 is 19.4 Å². The molecule has 1 aromatic heterocycles. The molecule has 12 atom stereocenters. The van der Waals surface area contributed by atoms with Crippen LogP contribution in [-0.4, -0.2) is 76.3 Å². The third kappa shape index (κ3) is 6.41. The standard InChI is InChI=1S/C48H75N5O4/c1-30(2)31(3)44(8)22-23-45(9)34-18-19-37-43(7)24-36(53-40(50-29-51-53)33-16-14-32(15-17-33)25-52(12)13)39(57-27-47(11,49)42(4,5)6)48(37,28-56-26-43)35(34)20-21-46(45,10)38(44)41(54)55/h14-17,20,29-31,34,36-39H,18-19,21-28,49H2,1-13H3,(H,54,55)/t31-,34+,36-,37-,38-,39+,43-,44-,45-,46+,47+,48+/m1/s1. The highest BCUT2D eigenvalue weighted by atomic mass is 16.5. The Morgan fingerprint density at radius 3 is 2.33 bits per heavy atom. The zero-order valence-corrected chi connectivity index (χ0v) is 37.6. The largest absolute Gasteiger partial charge is 0.481 e. The fraction of sp³-hybridized carbons (Fsp3) is 0.771. The first kappa shape index (κ1) is 42.5. The number of rotatable bonds is 10. The van der Waals surface area contributed by atoms with Crippen molar-refractivity contribution >= 4 is 5.97 Å². The van der Waals surface area contributed by atoms with Crippen molar-refractivity contribution in [1.82, 2.24) is 19.7 Å². The van der Waals surface area contributed by atoms with Crippen molar-refractivity contribution in [2.24, 2.45) is 67.8 Å². The van der Waals surface area contributed by atoms with Crippen molar-refractivity contribution in [3.63, 3.8) is 0 Å². The van der Waals surface area contributed by atoms with E-state index in [9.17, 15) is 9.90 Å². The van der Waals surface area contributed by atoms with Crippen LogP contribution in [0.4, 0.5) is 0 Å². The molecule has 3 saturated carbocycles. The number of nitrogens with zero attached hydrogens (tertiary/aromatic N) is 4. The van der Waals surface area contributed by atoms with Crippen molar-refractivity contribution in [2.45, 2.75) is 139 Å². The summed E-state index contributed by atoms with van der Waals surface area (Å²) in [5.41, 5.74) is 8.67. The first-order chi connectivity index (χ1) is 26.5. The minimum Gasteiger partial charge on any atom is -0.481 e. The number of aliphatic carboxylic acids is 1. The molecule has 2 heterocycles. The Morgan fingerprint density at radius 2 is 1.72 bits per heavy atom. The van der Waals surface area contributed by atoms with Crippen molar-refractivity contribution in [3.8, 4) is 11.4 Å². The molecule has 4 aliphatic carbocycles. The predicted molar refractivity (Wildman–Crippen MR) is 227 cm³/mol. The van der Waals surface area contributed by atoms with E-state index >= 15 is 0 Å². The maximum absolute atomic E-state index is 13.7. The van der Waals surface area contributed by atoms with Crippen LogP contribution in [0.2, 0.25) is 0 Å². The van der Waals surface area contributed by atoms with Crippen molar-refractivity contribution in [2.75, 3.05) is 33.9 Å². The molecule has 7 rings (SSSR count). The molecule has 4 fully saturated rings. The molecule has 9 heteroatoms. The average molecular weight is 786 g/mol. The van der Waals surface area contributed by atoms with E-state index in [0.717, 1.165) is 56.5 Å². The van der Waals surface area contributed by atoms with Crippen molar-refractivity contribution in [3.05, 3.63) is 47.8 Å². The predicted octanol–water partition coefficient (Wildman–Crippen LogP) is 9.29. The molecule has 3 N–H and O–H groups in total. The van der Waals surface area contributed by atoms with Gasteiger partial charge < -0.3 is 25.2 Å². The molecule has 0 amide bonds. The van der Waals surface area contributed by atoms with E-state index in [1.807, 2.05) is 0 Å². The molecular formula is C48H75N5O4. The van der Waals surface area contributed by atoms with Gasteiger partial charge in [0.1, 0.15) is 6.33 Å². The van der Waals surface area contributed by atoms with Gasteiger partial charge in [0.05, 0.1) is 37.9 Å². The topological polar surface area (TPSA) is 116 Å². The lowest BCUT2D eigenvalue weighted by Gasteiger charge is -2.71. The highest BCUT2D eigenvalue weighted by Crippen LogP contribution is 2.75. The molecule has 2 aromatic rings. The van der Waals surface area contributed by atoms with Crippen LogP contribution >= 0.6 is 0 Å². The second-order valence-corrected chi connectivity index (χ2v) is 22.5. The molecule has 1 aromatic carbocycles. The van der Waals surface area contributed by atoms with E-state index in [0.29, 0.717) is 37.6 Å². The van der Waals surface area contributed by atoms with Crippen LogP contribution in [-0.2, 0) is 20.8 Å². The quantitative estimate of drug-likeness (QED) is 0.229. The van der Waals surface area contributed by atoms with E-state index in [1.54, 1.807) is 6.33 Å². The summed E-state index contributed by atoms with van der Waals surface area (Å²) in [5.74, 6) is 1.04. The van der Waals surface area contributed by atoms with Gasteiger partial charge in [-0.1, -0.05) is 105 Å². The Morgan fingerprint density at radius 1 is 1.04 bits per heavy atom. The molecule has 2 bridgehead atoms. The highest BCUT2D eigenvalue weighted by Gasteiger charge is 2.73. The molecule has 0 spiro atoms. The van der Waals surface area contributed by atoms with E-state index in [2.05, 4.69) is 130 Å². The molecule has 9 nitrogen and oxygen atoms in total. The second-order valence-electron chi connectivity index (χ2n) is 22.5. The number of allylic oxidation sites excluding steroid dienone is 1. The van der Waals surface area contributed by atoms with Crippen LogP contribution in [0.5, 0.6) is 0 Å². The average Bonchev–Trinajstić information content (AvgIpc) is 3.60. The zero-order valence-electron chi connectivity index (χ0n) is 37.6. The SMILES string of the molecule is CC(C)[C@@H](C)[C@@]1(C)CC[C@]2(C)[C@H]3CC[C@@H]4[C@@]5(C)COC[C@@]4(C3=CC[C@@]2(C)[C@@H]1C(=O)O)[C@@H](OC[C@](C)(N)C(C)(C)C)[C@H](n1ncnc1-c1ccc(CN(C)C)cc1)C5. The lowest BCUT2D eigenvalue weighted by atomic mass is 9.34. The lowest BCUT2D eigenvalue weighted by Crippen LogP contribution is -2.70. The summed E-state index contributed by atoms with van der Waals surface area (Å²) in [7, 11) is 4.18. The number of nitrogens with two attached hydrogens (primary N) is 1. The highest BCUT2D eigenvalue weighted by molar-refractivity contribution is 5.73. The summed E-state index contributed by atoms with van der Waals surface area (Å²) in [6, 6.07) is 8.64. The van der Waals surface area contributed by atoms with E-state index < -0.39 is 28.3 Å². The second kappa shape index (κ2) is 14.3. The fourth-order valence-electron chi connectivity index (χ4n) is 13.4. The van der Waals surface area contributed by atoms with E-state index in [4.69, 9.17) is 25.3 Å². The van der Waals surface area contributed by atoms with E-state index in [-0.39, 0.29) is 39.7 Å². The summed E-state index contributed by atoms with van der Waals surface area (Å²) < 4.78 is 16.5. The van der Waals surface area contributed by atoms with Crippen LogP contribution in [0.3, 0.4) is 0 Å². The molecule has 57 heavy (non-hydrogen) atoms. The number of hydrogen-bond acceptors (Lipinski definition) is 7. The number of benzene rings is 1. The summed E-state index contributed by atoms with van der Waals surface area (Å²) in [4.78, 5) is 20.8. The molecule has 316 valence electrons. The molecular weight excluding hydrogens is 711 g/mol. The molecule has 1 aliphatic heterocycles. The fourth-order valence-corrected chi connectivity index (χ4v) is 13.4. The van der Waals surface area contributed by atoms with Crippen LogP contribution in [0, 0.1) is 62.1 Å². The third-order valence-corrected chi connectivity index (χ3v) is 17.9. The van der Waals surface area contributed by atoms with Gasteiger partial charge in [0.2, 0.25) is 0 Å². The summed E-state index contributed by atoms with van der Waals surface area (Å²) in [5, 5.41) is 16.3. The minimum absolute atomic E-state index is 0.112. The van der Waals surface area contributed by atoms with Gasteiger partial charge in [-0.15, -0.1) is 0 Å². The lowest BCUT2D eigenvalue weighted by molar-refractivity contribution is -0.255. The Balaban J connectivity index is 1.38. The summed E-state index contributed by atoms with van der Waals surface area (Å²) >= 11 is 0. The number of ether oxygens (including phenoxy) is 2. The Bertz CT molecular complexity index is 1840. The monoisotopic (exact) mass is 786 g/mol. The molecule has 0 unspecified atom stereocenters. The summed E-state index contributed by atoms with van der Waals surface area (Å²) in [6.45, 7) is 27.6. The Labute approximate surface area is 343 Å².